The van der Waals surface area contributed by atoms with E-state index in [-0.39, 0.29) is 5.41 Å². The number of anilines is 1. The van der Waals surface area contributed by atoms with Crippen LogP contribution in [0.1, 0.15) is 48.9 Å². The highest BCUT2D eigenvalue weighted by molar-refractivity contribution is 5.52. The van der Waals surface area contributed by atoms with E-state index in [1.807, 2.05) is 0 Å². The van der Waals surface area contributed by atoms with Crippen molar-refractivity contribution in [2.24, 2.45) is 5.41 Å². The Labute approximate surface area is 153 Å². The molecule has 0 bridgehead atoms. The molecule has 0 aliphatic carbocycles. The quantitative estimate of drug-likeness (QED) is 0.577. The molecule has 0 atom stereocenters. The van der Waals surface area contributed by atoms with Crippen molar-refractivity contribution in [2.45, 2.75) is 54.4 Å². The van der Waals surface area contributed by atoms with Gasteiger partial charge in [-0.2, -0.15) is 0 Å². The van der Waals surface area contributed by atoms with Crippen LogP contribution in [0.15, 0.2) is 36.4 Å². The topological polar surface area (TPSA) is 21.3 Å². The van der Waals surface area contributed by atoms with Crippen LogP contribution in [0, 0.1) is 33.1 Å². The van der Waals surface area contributed by atoms with Crippen LogP contribution in [0.25, 0.3) is 0 Å². The molecule has 0 aliphatic rings. The number of aryl methyl sites for hydroxylation is 4. The summed E-state index contributed by atoms with van der Waals surface area (Å²) in [7, 11) is 0. The maximum atomic E-state index is 5.99. The van der Waals surface area contributed by atoms with Gasteiger partial charge in [0.1, 0.15) is 5.75 Å². The fourth-order valence-corrected chi connectivity index (χ4v) is 3.03. The largest absolute Gasteiger partial charge is 0.493 e. The molecule has 2 nitrogen and oxygen atoms in total. The number of rotatable bonds is 8. The summed E-state index contributed by atoms with van der Waals surface area (Å²) in [4.78, 5) is 0. The minimum absolute atomic E-state index is 0.238. The molecule has 25 heavy (non-hydrogen) atoms. The lowest BCUT2D eigenvalue weighted by Crippen LogP contribution is -2.24. The third-order valence-corrected chi connectivity index (χ3v) is 4.74. The molecule has 0 aliphatic heterocycles. The van der Waals surface area contributed by atoms with Crippen molar-refractivity contribution in [1.82, 2.24) is 0 Å². The summed E-state index contributed by atoms with van der Waals surface area (Å²) < 4.78 is 5.99. The van der Waals surface area contributed by atoms with Gasteiger partial charge in [-0.1, -0.05) is 43.7 Å². The molecule has 2 rings (SSSR count). The van der Waals surface area contributed by atoms with Gasteiger partial charge < -0.3 is 10.1 Å². The second kappa shape index (κ2) is 8.42. The number of benzene rings is 2. The Bertz CT molecular complexity index is 703. The van der Waals surface area contributed by atoms with E-state index in [1.54, 1.807) is 0 Å². The fraction of sp³-hybridized carbons (Fsp3) is 0.478. The van der Waals surface area contributed by atoms with Crippen LogP contribution in [-0.2, 0) is 0 Å². The van der Waals surface area contributed by atoms with E-state index in [0.29, 0.717) is 0 Å². The van der Waals surface area contributed by atoms with E-state index in [2.05, 4.69) is 83.3 Å². The van der Waals surface area contributed by atoms with E-state index in [4.69, 9.17) is 4.74 Å². The first-order chi connectivity index (χ1) is 11.8. The SMILES string of the molecule is Cc1ccc(NCC(C)(C)CCCOc2cc(C)ccc2C)c(C)c1. The van der Waals surface area contributed by atoms with E-state index in [0.717, 1.165) is 31.7 Å². The summed E-state index contributed by atoms with van der Waals surface area (Å²) in [5.41, 5.74) is 6.56. The second-order valence-corrected chi connectivity index (χ2v) is 8.06. The van der Waals surface area contributed by atoms with Crippen LogP contribution in [0.4, 0.5) is 5.69 Å². The highest BCUT2D eigenvalue weighted by Gasteiger charge is 2.17. The zero-order valence-corrected chi connectivity index (χ0v) is 16.7. The monoisotopic (exact) mass is 339 g/mol. The molecular weight excluding hydrogens is 306 g/mol. The molecule has 0 unspecified atom stereocenters. The Hall–Kier alpha value is -1.96. The molecule has 0 amide bonds. The Kier molecular flexibility index (Phi) is 6.52. The zero-order chi connectivity index (χ0) is 18.4. The number of ether oxygens (including phenoxy) is 1. The van der Waals surface area contributed by atoms with Gasteiger partial charge in [-0.15, -0.1) is 0 Å². The van der Waals surface area contributed by atoms with Crippen LogP contribution in [0.2, 0.25) is 0 Å². The summed E-state index contributed by atoms with van der Waals surface area (Å²) in [5, 5.41) is 3.61. The first kappa shape index (κ1) is 19.4. The molecule has 0 saturated heterocycles. The highest BCUT2D eigenvalue weighted by atomic mass is 16.5. The van der Waals surface area contributed by atoms with Crippen LogP contribution in [0.3, 0.4) is 0 Å². The molecule has 2 aromatic carbocycles. The lowest BCUT2D eigenvalue weighted by Gasteiger charge is -2.26. The van der Waals surface area contributed by atoms with Crippen LogP contribution < -0.4 is 10.1 Å². The Balaban J connectivity index is 1.78. The van der Waals surface area contributed by atoms with E-state index < -0.39 is 0 Å². The van der Waals surface area contributed by atoms with E-state index in [1.165, 1.54) is 27.9 Å². The minimum Gasteiger partial charge on any atom is -0.493 e. The van der Waals surface area contributed by atoms with Gasteiger partial charge in [-0.05, 0) is 74.8 Å². The second-order valence-electron chi connectivity index (χ2n) is 8.06. The van der Waals surface area contributed by atoms with E-state index in [9.17, 15) is 0 Å². The van der Waals surface area contributed by atoms with Gasteiger partial charge in [0.05, 0.1) is 6.61 Å². The van der Waals surface area contributed by atoms with Crippen molar-refractivity contribution in [1.29, 1.82) is 0 Å². The molecule has 136 valence electrons. The van der Waals surface area contributed by atoms with Crippen molar-refractivity contribution >= 4 is 5.69 Å². The normalized spacial score (nSPS) is 11.4. The lowest BCUT2D eigenvalue weighted by molar-refractivity contribution is 0.263. The van der Waals surface area contributed by atoms with Crippen LogP contribution in [0.5, 0.6) is 5.75 Å². The summed E-state index contributed by atoms with van der Waals surface area (Å²) in [5.74, 6) is 1.02. The average molecular weight is 340 g/mol. The minimum atomic E-state index is 0.238. The summed E-state index contributed by atoms with van der Waals surface area (Å²) >= 11 is 0. The molecule has 0 saturated carbocycles. The Morgan fingerprint density at radius 1 is 0.880 bits per heavy atom. The van der Waals surface area contributed by atoms with Crippen molar-refractivity contribution in [3.8, 4) is 5.75 Å². The molecular formula is C23H33NO. The molecule has 2 aromatic rings. The molecule has 0 fully saturated rings. The van der Waals surface area contributed by atoms with Crippen molar-refractivity contribution in [3.05, 3.63) is 58.7 Å². The molecule has 0 spiro atoms. The first-order valence-corrected chi connectivity index (χ1v) is 9.28. The molecule has 0 heterocycles. The number of hydrogen-bond donors (Lipinski definition) is 1. The lowest BCUT2D eigenvalue weighted by atomic mass is 9.87. The smallest absolute Gasteiger partial charge is 0.122 e. The Morgan fingerprint density at radius 2 is 1.56 bits per heavy atom. The van der Waals surface area contributed by atoms with Crippen molar-refractivity contribution in [2.75, 3.05) is 18.5 Å². The van der Waals surface area contributed by atoms with E-state index >= 15 is 0 Å². The summed E-state index contributed by atoms with van der Waals surface area (Å²) in [6, 6.07) is 13.0. The van der Waals surface area contributed by atoms with Gasteiger partial charge in [0, 0.05) is 12.2 Å². The third-order valence-electron chi connectivity index (χ3n) is 4.74. The summed E-state index contributed by atoms with van der Waals surface area (Å²) in [6.07, 6.45) is 2.20. The van der Waals surface area contributed by atoms with Crippen LogP contribution in [-0.4, -0.2) is 13.2 Å². The van der Waals surface area contributed by atoms with Gasteiger partial charge in [-0.25, -0.2) is 0 Å². The standard InChI is InChI=1S/C23H33NO/c1-17-9-11-21(20(4)14-17)24-16-23(5,6)12-7-13-25-22-15-18(2)8-10-19(22)3/h8-11,14-15,24H,7,12-13,16H2,1-6H3. The van der Waals surface area contributed by atoms with Crippen LogP contribution >= 0.6 is 0 Å². The van der Waals surface area contributed by atoms with Gasteiger partial charge in [0.2, 0.25) is 0 Å². The molecule has 0 aromatic heterocycles. The highest BCUT2D eigenvalue weighted by Crippen LogP contribution is 2.25. The van der Waals surface area contributed by atoms with Gasteiger partial charge in [0.25, 0.3) is 0 Å². The van der Waals surface area contributed by atoms with Crippen molar-refractivity contribution in [3.63, 3.8) is 0 Å². The summed E-state index contributed by atoms with van der Waals surface area (Å²) in [6.45, 7) is 14.9. The maximum Gasteiger partial charge on any atom is 0.122 e. The number of nitrogens with one attached hydrogen (secondary N) is 1. The maximum absolute atomic E-state index is 5.99. The molecule has 2 heteroatoms. The average Bonchev–Trinajstić information content (AvgIpc) is 2.54. The third kappa shape index (κ3) is 6.12. The van der Waals surface area contributed by atoms with Gasteiger partial charge in [0.15, 0.2) is 0 Å². The molecule has 1 N–H and O–H groups in total. The fourth-order valence-electron chi connectivity index (χ4n) is 3.03. The first-order valence-electron chi connectivity index (χ1n) is 9.28. The predicted molar refractivity (Wildman–Crippen MR) is 109 cm³/mol. The van der Waals surface area contributed by atoms with Gasteiger partial charge in [-0.3, -0.25) is 0 Å². The molecule has 0 radical (unpaired) electrons. The Morgan fingerprint density at radius 3 is 2.28 bits per heavy atom. The van der Waals surface area contributed by atoms with Gasteiger partial charge >= 0.3 is 0 Å². The number of hydrogen-bond acceptors (Lipinski definition) is 2. The van der Waals surface area contributed by atoms with Crippen molar-refractivity contribution < 1.29 is 4.74 Å². The predicted octanol–water partition coefficient (Wildman–Crippen LogP) is 6.22. The zero-order valence-electron chi connectivity index (χ0n) is 16.7.